The first-order valence-electron chi connectivity index (χ1n) is 7.34. The first kappa shape index (κ1) is 15.7. The second kappa shape index (κ2) is 5.19. The number of methoxy groups -OCH3 is 1. The van der Waals surface area contributed by atoms with E-state index in [4.69, 9.17) is 23.7 Å². The van der Waals surface area contributed by atoms with Crippen LogP contribution in [-0.2, 0) is 33.2 Å². The summed E-state index contributed by atoms with van der Waals surface area (Å²) in [6, 6.07) is 0. The van der Waals surface area contributed by atoms with E-state index in [1.165, 1.54) is 13.2 Å². The van der Waals surface area contributed by atoms with E-state index < -0.39 is 23.6 Å². The molecule has 0 amide bonds. The van der Waals surface area contributed by atoms with E-state index in [0.29, 0.717) is 12.4 Å². The summed E-state index contributed by atoms with van der Waals surface area (Å²) in [5.41, 5.74) is 0. The van der Waals surface area contributed by atoms with E-state index in [-0.39, 0.29) is 18.3 Å². The Hall–Kier alpha value is -1.15. The number of carbonyl (C=O) groups is 1. The highest BCUT2D eigenvalue weighted by Crippen LogP contribution is 2.43. The highest BCUT2D eigenvalue weighted by Gasteiger charge is 2.57. The Kier molecular flexibility index (Phi) is 3.71. The third kappa shape index (κ3) is 2.86. The van der Waals surface area contributed by atoms with Crippen LogP contribution in [0.1, 0.15) is 27.7 Å². The summed E-state index contributed by atoms with van der Waals surface area (Å²) < 4.78 is 34.0. The minimum atomic E-state index is -0.783. The maximum Gasteiger partial charge on any atom is 0.333 e. The van der Waals surface area contributed by atoms with Crippen LogP contribution >= 0.6 is 0 Å². The normalized spacial score (nSPS) is 40.5. The number of fused-ring (bicyclic) bond motifs is 3. The maximum absolute atomic E-state index is 11.6. The van der Waals surface area contributed by atoms with Crippen molar-refractivity contribution in [2.45, 2.75) is 63.7 Å². The molecular weight excluding hydrogens is 292 g/mol. The zero-order valence-corrected chi connectivity index (χ0v) is 13.5. The fraction of sp³-hybridized carbons (Fsp3) is 0.800. The van der Waals surface area contributed by atoms with Crippen LogP contribution in [0.2, 0.25) is 0 Å². The van der Waals surface area contributed by atoms with Crippen LogP contribution in [0.25, 0.3) is 0 Å². The third-order valence-corrected chi connectivity index (χ3v) is 3.86. The largest absolute Gasteiger partial charge is 0.486 e. The van der Waals surface area contributed by atoms with Crippen LogP contribution in [0.3, 0.4) is 0 Å². The maximum atomic E-state index is 11.6. The van der Waals surface area contributed by atoms with E-state index >= 15 is 0 Å². The zero-order valence-electron chi connectivity index (χ0n) is 13.5. The second-order valence-corrected chi connectivity index (χ2v) is 6.54. The van der Waals surface area contributed by atoms with Crippen molar-refractivity contribution >= 4 is 5.97 Å². The molecule has 0 aromatic rings. The van der Waals surface area contributed by atoms with E-state index in [1.807, 2.05) is 27.7 Å². The molecule has 124 valence electrons. The van der Waals surface area contributed by atoms with Gasteiger partial charge in [-0.15, -0.1) is 0 Å². The van der Waals surface area contributed by atoms with Gasteiger partial charge in [-0.3, -0.25) is 0 Å². The van der Waals surface area contributed by atoms with Crippen molar-refractivity contribution in [2.75, 3.05) is 13.7 Å². The average Bonchev–Trinajstić information content (AvgIpc) is 2.75. The van der Waals surface area contributed by atoms with Crippen molar-refractivity contribution in [1.82, 2.24) is 0 Å². The summed E-state index contributed by atoms with van der Waals surface area (Å²) in [5, 5.41) is 0. The van der Waals surface area contributed by atoms with Crippen LogP contribution in [0.4, 0.5) is 0 Å². The topological polar surface area (TPSA) is 72.5 Å². The summed E-state index contributed by atoms with van der Waals surface area (Å²) in [5.74, 6) is -1.61. The molecule has 3 saturated heterocycles. The van der Waals surface area contributed by atoms with Gasteiger partial charge < -0.3 is 28.4 Å². The molecule has 0 N–H and O–H groups in total. The van der Waals surface area contributed by atoms with E-state index in [0.717, 1.165) is 0 Å². The summed E-state index contributed by atoms with van der Waals surface area (Å²) in [4.78, 5) is 11.6. The quantitative estimate of drug-likeness (QED) is 0.530. The second-order valence-electron chi connectivity index (χ2n) is 6.54. The van der Waals surface area contributed by atoms with Gasteiger partial charge >= 0.3 is 5.97 Å². The zero-order chi connectivity index (χ0) is 16.1. The van der Waals surface area contributed by atoms with E-state index in [2.05, 4.69) is 4.74 Å². The fourth-order valence-corrected chi connectivity index (χ4v) is 2.98. The minimum absolute atomic E-state index is 0.328. The Morgan fingerprint density at radius 1 is 1.14 bits per heavy atom. The lowest BCUT2D eigenvalue weighted by Gasteiger charge is -2.46. The Morgan fingerprint density at radius 2 is 1.82 bits per heavy atom. The van der Waals surface area contributed by atoms with Gasteiger partial charge in [0.15, 0.2) is 17.7 Å². The molecule has 7 heteroatoms. The molecule has 3 rings (SSSR count). The van der Waals surface area contributed by atoms with Gasteiger partial charge in [0.05, 0.1) is 19.8 Å². The lowest BCUT2D eigenvalue weighted by atomic mass is 9.96. The van der Waals surface area contributed by atoms with Crippen molar-refractivity contribution in [3.63, 3.8) is 0 Å². The molecule has 3 heterocycles. The summed E-state index contributed by atoms with van der Waals surface area (Å²) in [6.07, 6.45) is -0.275. The molecule has 0 aliphatic carbocycles. The molecule has 0 saturated carbocycles. The van der Waals surface area contributed by atoms with Crippen molar-refractivity contribution in [2.24, 2.45) is 0 Å². The van der Waals surface area contributed by atoms with E-state index in [1.54, 1.807) is 0 Å². The highest BCUT2D eigenvalue weighted by atomic mass is 16.8. The molecule has 0 radical (unpaired) electrons. The Bertz CT molecular complexity index is 496. The Labute approximate surface area is 129 Å². The van der Waals surface area contributed by atoms with Crippen LogP contribution in [-0.4, -0.2) is 55.7 Å². The Balaban J connectivity index is 1.90. The number of esters is 1. The van der Waals surface area contributed by atoms with Gasteiger partial charge in [0.25, 0.3) is 0 Å². The van der Waals surface area contributed by atoms with Crippen molar-refractivity contribution in [3.05, 3.63) is 11.8 Å². The standard InChI is InChI=1S/C15H22O7/c1-14(2)18-7-9-12(20-14)13-11(21-15(3,4)22-13)8(19-9)6-10(16)17-5/h6,9,11-13H,7H2,1-5H3/b8-6-/t9-,11-,12-,13-/m1/s1. The van der Waals surface area contributed by atoms with Gasteiger partial charge in [0, 0.05) is 0 Å². The SMILES string of the molecule is COC(=O)/C=C1\O[C@@H]2COC(C)(C)O[C@H]2[C@@H]2OC(C)(C)O[C@H]12. The minimum Gasteiger partial charge on any atom is -0.486 e. The smallest absolute Gasteiger partial charge is 0.333 e. The first-order valence-corrected chi connectivity index (χ1v) is 7.34. The number of hydrogen-bond donors (Lipinski definition) is 0. The number of carbonyl (C=O) groups excluding carboxylic acids is 1. The average molecular weight is 314 g/mol. The lowest BCUT2D eigenvalue weighted by molar-refractivity contribution is -0.332. The first-order chi connectivity index (χ1) is 10.2. The van der Waals surface area contributed by atoms with Crippen LogP contribution in [0, 0.1) is 0 Å². The highest BCUT2D eigenvalue weighted by molar-refractivity contribution is 5.82. The number of ether oxygens (including phenoxy) is 6. The van der Waals surface area contributed by atoms with Crippen LogP contribution < -0.4 is 0 Å². The van der Waals surface area contributed by atoms with Crippen molar-refractivity contribution in [1.29, 1.82) is 0 Å². The molecule has 4 atom stereocenters. The Morgan fingerprint density at radius 3 is 2.50 bits per heavy atom. The predicted molar refractivity (Wildman–Crippen MR) is 73.7 cm³/mol. The lowest BCUT2D eigenvalue weighted by Crippen LogP contribution is -2.60. The van der Waals surface area contributed by atoms with Crippen LogP contribution in [0.5, 0.6) is 0 Å². The molecule has 0 bridgehead atoms. The summed E-state index contributed by atoms with van der Waals surface area (Å²) in [6.45, 7) is 7.68. The molecule has 0 spiro atoms. The molecule has 0 aromatic carbocycles. The van der Waals surface area contributed by atoms with Gasteiger partial charge in [-0.2, -0.15) is 0 Å². The van der Waals surface area contributed by atoms with Crippen molar-refractivity contribution in [3.8, 4) is 0 Å². The number of rotatable bonds is 1. The molecule has 3 fully saturated rings. The predicted octanol–water partition coefficient (Wildman–Crippen LogP) is 1.11. The van der Waals surface area contributed by atoms with Gasteiger partial charge in [0.2, 0.25) is 0 Å². The monoisotopic (exact) mass is 314 g/mol. The third-order valence-electron chi connectivity index (χ3n) is 3.86. The fourth-order valence-electron chi connectivity index (χ4n) is 2.98. The van der Waals surface area contributed by atoms with Gasteiger partial charge in [-0.05, 0) is 27.7 Å². The molecule has 22 heavy (non-hydrogen) atoms. The molecule has 7 nitrogen and oxygen atoms in total. The van der Waals surface area contributed by atoms with Crippen molar-refractivity contribution < 1.29 is 33.2 Å². The van der Waals surface area contributed by atoms with Crippen LogP contribution in [0.15, 0.2) is 11.8 Å². The van der Waals surface area contributed by atoms with E-state index in [9.17, 15) is 4.79 Å². The molecular formula is C15H22O7. The van der Waals surface area contributed by atoms with Gasteiger partial charge in [-0.25, -0.2) is 4.79 Å². The van der Waals surface area contributed by atoms with Gasteiger partial charge in [0.1, 0.15) is 24.1 Å². The molecule has 3 aliphatic heterocycles. The molecule has 0 aromatic heterocycles. The molecule has 3 aliphatic rings. The van der Waals surface area contributed by atoms with Gasteiger partial charge in [-0.1, -0.05) is 0 Å². The number of hydrogen-bond acceptors (Lipinski definition) is 7. The summed E-state index contributed by atoms with van der Waals surface area (Å²) in [7, 11) is 1.31. The molecule has 0 unspecified atom stereocenters. The summed E-state index contributed by atoms with van der Waals surface area (Å²) >= 11 is 0.